The van der Waals surface area contributed by atoms with Gasteiger partial charge in [-0.25, -0.2) is 13.9 Å². The van der Waals surface area contributed by atoms with Crippen LogP contribution in [0.25, 0.3) is 11.4 Å². The summed E-state index contributed by atoms with van der Waals surface area (Å²) < 4.78 is 28.1. The van der Waals surface area contributed by atoms with Crippen LogP contribution in [0.5, 0.6) is 0 Å². The van der Waals surface area contributed by atoms with E-state index in [2.05, 4.69) is 15.3 Å². The molecule has 0 aliphatic rings. The Morgan fingerprint density at radius 1 is 1.17 bits per heavy atom. The number of H-pyrrole nitrogens is 1. The summed E-state index contributed by atoms with van der Waals surface area (Å²) in [6, 6.07) is 8.05. The highest BCUT2D eigenvalue weighted by Gasteiger charge is 2.12. The molecule has 1 N–H and O–H groups in total. The number of aromatic amines is 1. The summed E-state index contributed by atoms with van der Waals surface area (Å²) in [6.07, 6.45) is 1.22. The second kappa shape index (κ2) is 6.80. The zero-order valence-electron chi connectivity index (χ0n) is 11.8. The van der Waals surface area contributed by atoms with E-state index < -0.39 is 11.6 Å². The van der Waals surface area contributed by atoms with Crippen molar-refractivity contribution < 1.29 is 8.78 Å². The lowest BCUT2D eigenvalue weighted by molar-refractivity contribution is 0.582. The van der Waals surface area contributed by atoms with Crippen LogP contribution in [0.1, 0.15) is 5.56 Å². The number of rotatable bonds is 3. The van der Waals surface area contributed by atoms with E-state index in [1.54, 1.807) is 18.2 Å². The fourth-order valence-corrected chi connectivity index (χ4v) is 2.64. The highest BCUT2D eigenvalue weighted by Crippen LogP contribution is 2.29. The summed E-state index contributed by atoms with van der Waals surface area (Å²) in [5, 5.41) is 11.6. The van der Waals surface area contributed by atoms with E-state index in [1.807, 2.05) is 0 Å². The minimum atomic E-state index is -0.736. The Morgan fingerprint density at radius 2 is 1.96 bits per heavy atom. The van der Waals surface area contributed by atoms with Gasteiger partial charge >= 0.3 is 0 Å². The van der Waals surface area contributed by atoms with Crippen LogP contribution in [0, 0.1) is 16.4 Å². The van der Waals surface area contributed by atoms with Gasteiger partial charge in [0.2, 0.25) is 4.77 Å². The zero-order chi connectivity index (χ0) is 17.3. The summed E-state index contributed by atoms with van der Waals surface area (Å²) >= 11 is 17.2. The molecule has 1 aromatic heterocycles. The van der Waals surface area contributed by atoms with E-state index in [0.717, 1.165) is 12.1 Å². The van der Waals surface area contributed by atoms with Gasteiger partial charge in [-0.15, -0.1) is 0 Å². The van der Waals surface area contributed by atoms with Crippen LogP contribution in [0.15, 0.2) is 41.5 Å². The molecule has 0 fully saturated rings. The van der Waals surface area contributed by atoms with E-state index in [4.69, 9.17) is 35.4 Å². The maximum absolute atomic E-state index is 13.7. The second-order valence-electron chi connectivity index (χ2n) is 4.70. The Bertz CT molecular complexity index is 997. The predicted molar refractivity (Wildman–Crippen MR) is 92.2 cm³/mol. The van der Waals surface area contributed by atoms with E-state index in [0.29, 0.717) is 21.4 Å². The van der Waals surface area contributed by atoms with Gasteiger partial charge in [0, 0.05) is 22.2 Å². The predicted octanol–water partition coefficient (Wildman–Crippen LogP) is 5.07. The molecule has 0 spiro atoms. The fraction of sp³-hybridized carbons (Fsp3) is 0. The van der Waals surface area contributed by atoms with Gasteiger partial charge in [0.1, 0.15) is 11.6 Å². The van der Waals surface area contributed by atoms with Crippen molar-refractivity contribution in [3.63, 3.8) is 0 Å². The molecule has 0 amide bonds. The number of aromatic nitrogens is 3. The summed E-state index contributed by atoms with van der Waals surface area (Å²) in [5.41, 5.74) is 0.651. The Morgan fingerprint density at radius 3 is 2.67 bits per heavy atom. The van der Waals surface area contributed by atoms with Gasteiger partial charge in [-0.1, -0.05) is 23.2 Å². The van der Waals surface area contributed by atoms with Crippen molar-refractivity contribution in [2.24, 2.45) is 5.10 Å². The van der Waals surface area contributed by atoms with Crippen LogP contribution in [0.2, 0.25) is 10.0 Å². The maximum Gasteiger partial charge on any atom is 0.216 e. The summed E-state index contributed by atoms with van der Waals surface area (Å²) in [4.78, 5) is 0. The topological polar surface area (TPSA) is 46.0 Å². The molecule has 0 radical (unpaired) electrons. The number of benzene rings is 2. The molecule has 3 rings (SSSR count). The maximum atomic E-state index is 13.7. The van der Waals surface area contributed by atoms with Crippen molar-refractivity contribution in [1.29, 1.82) is 0 Å². The molecule has 1 heterocycles. The Hall–Kier alpha value is -2.09. The van der Waals surface area contributed by atoms with Gasteiger partial charge in [0.25, 0.3) is 0 Å². The standard InChI is InChI=1S/C15H8Cl2F2N4S/c16-9-2-4-11(12(17)5-9)14-21-22-15(24)23(14)20-7-8-1-3-10(18)6-13(8)19/h1-7H,(H,22,24)/b20-7-. The molecule has 0 saturated carbocycles. The molecule has 3 aromatic rings. The van der Waals surface area contributed by atoms with Crippen molar-refractivity contribution >= 4 is 41.6 Å². The van der Waals surface area contributed by atoms with Gasteiger partial charge in [0.15, 0.2) is 5.82 Å². The zero-order valence-corrected chi connectivity index (χ0v) is 14.1. The van der Waals surface area contributed by atoms with Crippen molar-refractivity contribution in [2.45, 2.75) is 0 Å². The van der Waals surface area contributed by atoms with Crippen LogP contribution in [-0.4, -0.2) is 21.1 Å². The van der Waals surface area contributed by atoms with Crippen molar-refractivity contribution in [2.75, 3.05) is 0 Å². The first kappa shape index (κ1) is 16.8. The third-order valence-corrected chi connectivity index (χ3v) is 3.91. The third-order valence-electron chi connectivity index (χ3n) is 3.10. The van der Waals surface area contributed by atoms with Crippen molar-refractivity contribution in [3.8, 4) is 11.4 Å². The van der Waals surface area contributed by atoms with Gasteiger partial charge in [-0.2, -0.15) is 14.9 Å². The van der Waals surface area contributed by atoms with Gasteiger partial charge < -0.3 is 0 Å². The van der Waals surface area contributed by atoms with Gasteiger partial charge in [-0.3, -0.25) is 0 Å². The van der Waals surface area contributed by atoms with Crippen LogP contribution in [0.3, 0.4) is 0 Å². The quantitative estimate of drug-likeness (QED) is 0.505. The average Bonchev–Trinajstić information content (AvgIpc) is 2.87. The smallest absolute Gasteiger partial charge is 0.216 e. The molecule has 0 aliphatic carbocycles. The third kappa shape index (κ3) is 3.38. The van der Waals surface area contributed by atoms with E-state index in [1.165, 1.54) is 17.0 Å². The van der Waals surface area contributed by atoms with Crippen molar-refractivity contribution in [1.82, 2.24) is 14.9 Å². The normalized spacial score (nSPS) is 11.3. The number of hydrogen-bond donors (Lipinski definition) is 1. The molecule has 0 atom stereocenters. The van der Waals surface area contributed by atoms with Gasteiger partial charge in [-0.05, 0) is 42.5 Å². The Kier molecular flexibility index (Phi) is 4.75. The Balaban J connectivity index is 2.05. The molecule has 4 nitrogen and oxygen atoms in total. The monoisotopic (exact) mass is 384 g/mol. The molecule has 0 aliphatic heterocycles. The molecule has 0 bridgehead atoms. The molecule has 122 valence electrons. The second-order valence-corrected chi connectivity index (χ2v) is 5.93. The molecular weight excluding hydrogens is 377 g/mol. The molecule has 0 saturated heterocycles. The summed E-state index contributed by atoms with van der Waals surface area (Å²) in [6.45, 7) is 0. The van der Waals surface area contributed by atoms with E-state index >= 15 is 0 Å². The average molecular weight is 385 g/mol. The number of nitrogens with zero attached hydrogens (tertiary/aromatic N) is 3. The molecule has 0 unspecified atom stereocenters. The van der Waals surface area contributed by atoms with Crippen LogP contribution < -0.4 is 0 Å². The molecule has 9 heteroatoms. The lowest BCUT2D eigenvalue weighted by Crippen LogP contribution is -1.97. The first-order chi connectivity index (χ1) is 11.5. The van der Waals surface area contributed by atoms with E-state index in [9.17, 15) is 8.78 Å². The van der Waals surface area contributed by atoms with Crippen molar-refractivity contribution in [3.05, 3.63) is 68.4 Å². The number of halogens is 4. The van der Waals surface area contributed by atoms with Crippen LogP contribution >= 0.6 is 35.4 Å². The van der Waals surface area contributed by atoms with Crippen LogP contribution in [0.4, 0.5) is 8.78 Å². The lowest BCUT2D eigenvalue weighted by atomic mass is 10.2. The fourth-order valence-electron chi connectivity index (χ4n) is 1.97. The number of hydrogen-bond acceptors (Lipinski definition) is 3. The Labute approximate surface area is 150 Å². The largest absolute Gasteiger partial charge is 0.250 e. The summed E-state index contributed by atoms with van der Waals surface area (Å²) in [5.74, 6) is -1.07. The SMILES string of the molecule is Fc1ccc(/C=N\n2c(-c3ccc(Cl)cc3Cl)n[nH]c2=S)c(F)c1. The molecular formula is C15H8Cl2F2N4S. The van der Waals surface area contributed by atoms with E-state index in [-0.39, 0.29) is 10.3 Å². The number of nitrogens with one attached hydrogen (secondary N) is 1. The highest BCUT2D eigenvalue weighted by molar-refractivity contribution is 7.71. The molecule has 24 heavy (non-hydrogen) atoms. The van der Waals surface area contributed by atoms with Gasteiger partial charge in [0.05, 0.1) is 11.2 Å². The lowest BCUT2D eigenvalue weighted by Gasteiger charge is -2.04. The van der Waals surface area contributed by atoms with Crippen LogP contribution in [-0.2, 0) is 0 Å². The minimum Gasteiger partial charge on any atom is -0.250 e. The highest BCUT2D eigenvalue weighted by atomic mass is 35.5. The first-order valence-electron chi connectivity index (χ1n) is 6.58. The minimum absolute atomic E-state index is 0.104. The summed E-state index contributed by atoms with van der Waals surface area (Å²) in [7, 11) is 0. The first-order valence-corrected chi connectivity index (χ1v) is 7.74. The molecule has 2 aromatic carbocycles.